The Balaban J connectivity index is 1.40. The minimum absolute atomic E-state index is 0.180. The molecular weight excluding hydrogens is 727 g/mol. The number of carbonyl (C=O) groups excluding carboxylic acids is 4. The summed E-state index contributed by atoms with van der Waals surface area (Å²) in [6, 6.07) is 45.1. The van der Waals surface area contributed by atoms with E-state index < -0.39 is 55.2 Å². The predicted molar refractivity (Wildman–Crippen MR) is 229 cm³/mol. The zero-order valence-corrected chi connectivity index (χ0v) is 34.4. The number of rotatable bonds is 19. The summed E-state index contributed by atoms with van der Waals surface area (Å²) < 4.78 is 6.44. The third-order valence-electron chi connectivity index (χ3n) is 11.0. The highest BCUT2D eigenvalue weighted by atomic mass is 28.4. The van der Waals surface area contributed by atoms with E-state index in [1.54, 1.807) is 0 Å². The van der Waals surface area contributed by atoms with E-state index in [0.717, 1.165) is 27.8 Å². The summed E-state index contributed by atoms with van der Waals surface area (Å²) in [6.45, 7) is 8.22. The van der Waals surface area contributed by atoms with E-state index in [1.165, 1.54) is 0 Å². The Morgan fingerprint density at radius 1 is 0.561 bits per heavy atom. The van der Waals surface area contributed by atoms with Crippen LogP contribution in [0.1, 0.15) is 48.1 Å². The van der Waals surface area contributed by atoms with Crippen molar-refractivity contribution < 1.29 is 23.6 Å². The molecule has 5 aromatic carbocycles. The molecule has 4 atom stereocenters. The third-order valence-corrected chi connectivity index (χ3v) is 15.0. The van der Waals surface area contributed by atoms with Crippen molar-refractivity contribution in [3.05, 3.63) is 179 Å². The predicted octanol–water partition coefficient (Wildman–Crippen LogP) is 7.09. The lowest BCUT2D eigenvalue weighted by atomic mass is 9.89. The molecule has 57 heavy (non-hydrogen) atoms. The van der Waals surface area contributed by atoms with Crippen molar-refractivity contribution in [2.45, 2.75) is 82.2 Å². The van der Waals surface area contributed by atoms with Crippen molar-refractivity contribution in [2.24, 2.45) is 11.7 Å². The van der Waals surface area contributed by atoms with Crippen LogP contribution >= 0.6 is 0 Å². The van der Waals surface area contributed by atoms with Crippen LogP contribution in [0.25, 0.3) is 0 Å². The van der Waals surface area contributed by atoms with Crippen LogP contribution in [-0.2, 0) is 54.3 Å². The molecule has 0 unspecified atom stereocenters. The van der Waals surface area contributed by atoms with Crippen LogP contribution in [0, 0.1) is 5.92 Å². The van der Waals surface area contributed by atoms with Crippen molar-refractivity contribution in [1.29, 1.82) is 0 Å². The molecule has 0 fully saturated rings. The number of nitrogens with one attached hydrogen (secondary N) is 2. The molecule has 296 valence electrons. The molecule has 8 nitrogen and oxygen atoms in total. The first-order chi connectivity index (χ1) is 27.3. The van der Waals surface area contributed by atoms with Crippen molar-refractivity contribution in [3.8, 4) is 0 Å². The van der Waals surface area contributed by atoms with Gasteiger partial charge in [-0.2, -0.15) is 0 Å². The van der Waals surface area contributed by atoms with Crippen LogP contribution in [0.4, 0.5) is 0 Å². The number of amides is 2. The van der Waals surface area contributed by atoms with E-state index in [0.29, 0.717) is 6.42 Å². The fraction of sp³-hybridized carbons (Fsp3) is 0.292. The Labute approximate surface area is 338 Å². The average molecular weight is 782 g/mol. The van der Waals surface area contributed by atoms with Crippen molar-refractivity contribution in [2.75, 3.05) is 0 Å². The standard InChI is InChI=1S/C48H55N3O5Si/c1-48(2,40-28-18-9-19-29-40)57(3,4)56-47(55)43(33-38-26-16-8-17-27-38)51-45(53)39(30-35-20-10-5-11-21-35)34-44(52)42(32-37-24-14-7-15-25-37)50-46(54)41(49)31-36-22-12-6-13-23-36/h5-29,39,41-43H,30-34,49H2,1-4H3,(H,50,54)(H,51,53)/t39-,41+,42+,43+/m1/s1. The molecule has 0 aliphatic carbocycles. The van der Waals surface area contributed by atoms with Crippen LogP contribution in [0.15, 0.2) is 152 Å². The molecule has 0 aliphatic heterocycles. The van der Waals surface area contributed by atoms with Gasteiger partial charge in [-0.1, -0.05) is 166 Å². The summed E-state index contributed by atoms with van der Waals surface area (Å²) in [7, 11) is -2.79. The highest BCUT2D eigenvalue weighted by molar-refractivity contribution is 6.75. The Morgan fingerprint density at radius 2 is 0.947 bits per heavy atom. The molecule has 0 saturated heterocycles. The van der Waals surface area contributed by atoms with Crippen LogP contribution in [-0.4, -0.2) is 50.0 Å². The molecule has 0 bridgehead atoms. The second-order valence-corrected chi connectivity index (χ2v) is 20.3. The van der Waals surface area contributed by atoms with Gasteiger partial charge in [0.25, 0.3) is 8.32 Å². The SMILES string of the molecule is CC(C)(c1ccccc1)[Si](C)(C)OC(=O)[C@H](Cc1ccccc1)NC(=O)[C@@H](CC(=O)[C@H](Cc1ccccc1)NC(=O)[C@@H](N)Cc1ccccc1)Cc1ccccc1. The fourth-order valence-electron chi connectivity index (χ4n) is 6.86. The molecule has 0 saturated carbocycles. The topological polar surface area (TPSA) is 128 Å². The summed E-state index contributed by atoms with van der Waals surface area (Å²) in [6.07, 6.45) is 0.800. The first-order valence-electron chi connectivity index (χ1n) is 19.7. The normalized spacial score (nSPS) is 13.7. The maximum atomic E-state index is 14.5. The quantitative estimate of drug-likeness (QED) is 0.0768. The molecule has 9 heteroatoms. The van der Waals surface area contributed by atoms with E-state index in [4.69, 9.17) is 10.2 Å². The molecule has 0 aliphatic rings. The molecule has 5 aromatic rings. The highest BCUT2D eigenvalue weighted by Gasteiger charge is 2.46. The van der Waals surface area contributed by atoms with Gasteiger partial charge in [-0.15, -0.1) is 0 Å². The second kappa shape index (κ2) is 20.0. The number of hydrogen-bond donors (Lipinski definition) is 3. The van der Waals surface area contributed by atoms with Crippen LogP contribution < -0.4 is 16.4 Å². The van der Waals surface area contributed by atoms with E-state index in [-0.39, 0.29) is 31.5 Å². The number of hydrogen-bond acceptors (Lipinski definition) is 6. The molecule has 4 N–H and O–H groups in total. The monoisotopic (exact) mass is 781 g/mol. The lowest BCUT2D eigenvalue weighted by molar-refractivity contribution is -0.141. The molecule has 0 radical (unpaired) electrons. The lowest BCUT2D eigenvalue weighted by Crippen LogP contribution is -2.55. The fourth-order valence-corrected chi connectivity index (χ4v) is 8.62. The molecule has 5 rings (SSSR count). The van der Waals surface area contributed by atoms with Crippen molar-refractivity contribution >= 4 is 31.9 Å². The average Bonchev–Trinajstić information content (AvgIpc) is 3.21. The van der Waals surface area contributed by atoms with Gasteiger partial charge in [0.05, 0.1) is 12.1 Å². The number of Topliss-reactive ketones (excluding diaryl/α,β-unsaturated/α-hetero) is 1. The Hall–Kier alpha value is -5.64. The van der Waals surface area contributed by atoms with Gasteiger partial charge >= 0.3 is 5.97 Å². The summed E-state index contributed by atoms with van der Waals surface area (Å²) in [5.74, 6) is -2.58. The molecular formula is C48H55N3O5Si. The molecule has 2 amide bonds. The number of nitrogens with two attached hydrogens (primary N) is 1. The van der Waals surface area contributed by atoms with E-state index >= 15 is 0 Å². The van der Waals surface area contributed by atoms with Gasteiger partial charge in [0.2, 0.25) is 11.8 Å². The summed E-state index contributed by atoms with van der Waals surface area (Å²) in [5, 5.41) is 5.52. The summed E-state index contributed by atoms with van der Waals surface area (Å²) in [5.41, 5.74) is 10.9. The van der Waals surface area contributed by atoms with Gasteiger partial charge < -0.3 is 20.8 Å². The van der Waals surface area contributed by atoms with Gasteiger partial charge in [-0.3, -0.25) is 19.2 Å². The smallest absolute Gasteiger partial charge is 0.315 e. The van der Waals surface area contributed by atoms with E-state index in [2.05, 4.69) is 24.5 Å². The zero-order chi connectivity index (χ0) is 40.8. The number of benzene rings is 5. The minimum atomic E-state index is -2.79. The Morgan fingerprint density at radius 3 is 1.42 bits per heavy atom. The Bertz CT molecular complexity index is 2050. The van der Waals surface area contributed by atoms with Crippen LogP contribution in [0.2, 0.25) is 13.1 Å². The summed E-state index contributed by atoms with van der Waals surface area (Å²) >= 11 is 0. The number of carbonyl (C=O) groups is 4. The summed E-state index contributed by atoms with van der Waals surface area (Å²) in [4.78, 5) is 56.7. The van der Waals surface area contributed by atoms with Crippen molar-refractivity contribution in [1.82, 2.24) is 10.6 Å². The minimum Gasteiger partial charge on any atom is -0.517 e. The van der Waals surface area contributed by atoms with E-state index in [9.17, 15) is 19.2 Å². The Kier molecular flexibility index (Phi) is 14.9. The second-order valence-electron chi connectivity index (χ2n) is 15.8. The van der Waals surface area contributed by atoms with Gasteiger partial charge in [-0.25, -0.2) is 0 Å². The molecule has 0 heterocycles. The lowest BCUT2D eigenvalue weighted by Gasteiger charge is -2.40. The maximum absolute atomic E-state index is 14.5. The first kappa shape index (κ1) is 42.5. The van der Waals surface area contributed by atoms with Gasteiger partial charge in [0.15, 0.2) is 5.78 Å². The highest BCUT2D eigenvalue weighted by Crippen LogP contribution is 2.35. The third kappa shape index (κ3) is 12.2. The molecule has 0 spiro atoms. The van der Waals surface area contributed by atoms with E-state index in [1.807, 2.05) is 165 Å². The van der Waals surface area contributed by atoms with Gasteiger partial charge in [0.1, 0.15) is 6.04 Å². The van der Waals surface area contributed by atoms with Crippen LogP contribution in [0.5, 0.6) is 0 Å². The van der Waals surface area contributed by atoms with Gasteiger partial charge in [0, 0.05) is 23.8 Å². The zero-order valence-electron chi connectivity index (χ0n) is 33.4. The maximum Gasteiger partial charge on any atom is 0.315 e. The van der Waals surface area contributed by atoms with Gasteiger partial charge in [-0.05, 0) is 60.2 Å². The van der Waals surface area contributed by atoms with Crippen LogP contribution in [0.3, 0.4) is 0 Å². The largest absolute Gasteiger partial charge is 0.517 e. The van der Waals surface area contributed by atoms with Crippen molar-refractivity contribution in [3.63, 3.8) is 0 Å². The molecule has 0 aromatic heterocycles. The number of ketones is 1. The first-order valence-corrected chi connectivity index (χ1v) is 22.6.